The summed E-state index contributed by atoms with van der Waals surface area (Å²) in [7, 11) is -2.71. The predicted octanol–water partition coefficient (Wildman–Crippen LogP) is 4.40. The standard InChI is InChI=1S/C21H22BrNO4S/c1-5-14-23(28(25,26)19-12-6-15(2)7-13-19)20(16(3)21(24)27-4)17-8-10-18(22)11-9-17/h5-13,20H,1,3,14H2,2,4H3/t20-/m0/s1. The van der Waals surface area contributed by atoms with E-state index in [1.807, 2.05) is 6.92 Å². The van der Waals surface area contributed by atoms with Crippen molar-refractivity contribution in [2.75, 3.05) is 13.7 Å². The first kappa shape index (κ1) is 22.1. The van der Waals surface area contributed by atoms with Gasteiger partial charge in [0, 0.05) is 11.0 Å². The van der Waals surface area contributed by atoms with E-state index in [-0.39, 0.29) is 17.0 Å². The maximum Gasteiger partial charge on any atom is 0.335 e. The average molecular weight is 464 g/mol. The largest absolute Gasteiger partial charge is 0.466 e. The van der Waals surface area contributed by atoms with E-state index in [0.717, 1.165) is 10.0 Å². The number of sulfonamides is 1. The van der Waals surface area contributed by atoms with Gasteiger partial charge in [0.1, 0.15) is 0 Å². The van der Waals surface area contributed by atoms with Crippen molar-refractivity contribution < 1.29 is 17.9 Å². The van der Waals surface area contributed by atoms with Crippen molar-refractivity contribution in [2.45, 2.75) is 17.9 Å². The van der Waals surface area contributed by atoms with Crippen molar-refractivity contribution in [3.63, 3.8) is 0 Å². The van der Waals surface area contributed by atoms with Crippen LogP contribution in [0.2, 0.25) is 0 Å². The molecule has 148 valence electrons. The van der Waals surface area contributed by atoms with Crippen molar-refractivity contribution >= 4 is 31.9 Å². The van der Waals surface area contributed by atoms with E-state index in [2.05, 4.69) is 29.1 Å². The van der Waals surface area contributed by atoms with Gasteiger partial charge < -0.3 is 4.74 Å². The smallest absolute Gasteiger partial charge is 0.335 e. The lowest BCUT2D eigenvalue weighted by Crippen LogP contribution is -2.37. The molecule has 0 spiro atoms. The third kappa shape index (κ3) is 4.79. The van der Waals surface area contributed by atoms with Crippen molar-refractivity contribution in [1.29, 1.82) is 0 Å². The van der Waals surface area contributed by atoms with Crippen LogP contribution in [-0.4, -0.2) is 32.3 Å². The van der Waals surface area contributed by atoms with Crippen LogP contribution >= 0.6 is 15.9 Å². The Bertz CT molecular complexity index is 966. The fourth-order valence-electron chi connectivity index (χ4n) is 2.74. The molecule has 0 saturated carbocycles. The van der Waals surface area contributed by atoms with Gasteiger partial charge in [-0.2, -0.15) is 4.31 Å². The number of benzene rings is 2. The predicted molar refractivity (Wildman–Crippen MR) is 113 cm³/mol. The quantitative estimate of drug-likeness (QED) is 0.330. The Hall–Kier alpha value is -2.22. The molecule has 0 heterocycles. The maximum atomic E-state index is 13.4. The Labute approximate surface area is 174 Å². The minimum Gasteiger partial charge on any atom is -0.466 e. The second-order valence-electron chi connectivity index (χ2n) is 6.15. The maximum absolute atomic E-state index is 13.4. The van der Waals surface area contributed by atoms with Gasteiger partial charge in [-0.15, -0.1) is 6.58 Å². The van der Waals surface area contributed by atoms with Crippen LogP contribution in [0.5, 0.6) is 0 Å². The number of nitrogens with zero attached hydrogens (tertiary/aromatic N) is 1. The van der Waals surface area contributed by atoms with Gasteiger partial charge in [0.25, 0.3) is 0 Å². The van der Waals surface area contributed by atoms with Gasteiger partial charge in [-0.1, -0.05) is 58.4 Å². The SMILES string of the molecule is C=CCN([C@@H](C(=C)C(=O)OC)c1ccc(Br)cc1)S(=O)(=O)c1ccc(C)cc1. The van der Waals surface area contributed by atoms with Gasteiger partial charge in [0.05, 0.1) is 23.6 Å². The zero-order chi connectivity index (χ0) is 20.9. The third-order valence-corrected chi connectivity index (χ3v) is 6.56. The minimum atomic E-state index is -3.94. The Morgan fingerprint density at radius 3 is 2.25 bits per heavy atom. The number of hydrogen-bond donors (Lipinski definition) is 0. The molecule has 2 rings (SSSR count). The zero-order valence-electron chi connectivity index (χ0n) is 15.8. The van der Waals surface area contributed by atoms with Crippen molar-refractivity contribution in [1.82, 2.24) is 4.31 Å². The van der Waals surface area contributed by atoms with E-state index < -0.39 is 22.0 Å². The summed E-state index contributed by atoms with van der Waals surface area (Å²) in [5.41, 5.74) is 1.55. The summed E-state index contributed by atoms with van der Waals surface area (Å²) in [4.78, 5) is 12.4. The zero-order valence-corrected chi connectivity index (χ0v) is 18.2. The van der Waals surface area contributed by atoms with Gasteiger partial charge in [0.2, 0.25) is 10.0 Å². The minimum absolute atomic E-state index is 0.00699. The highest BCUT2D eigenvalue weighted by molar-refractivity contribution is 9.10. The second kappa shape index (κ2) is 9.32. The summed E-state index contributed by atoms with van der Waals surface area (Å²) in [6.45, 7) is 9.37. The summed E-state index contributed by atoms with van der Waals surface area (Å²) in [5, 5.41) is 0. The number of carbonyl (C=O) groups is 1. The highest BCUT2D eigenvalue weighted by Gasteiger charge is 2.36. The van der Waals surface area contributed by atoms with E-state index in [1.165, 1.54) is 17.5 Å². The summed E-state index contributed by atoms with van der Waals surface area (Å²) < 4.78 is 33.6. The van der Waals surface area contributed by atoms with Crippen LogP contribution in [0, 0.1) is 6.92 Å². The molecule has 0 saturated heterocycles. The summed E-state index contributed by atoms with van der Waals surface area (Å²) in [6.07, 6.45) is 1.47. The molecule has 0 aromatic heterocycles. The molecule has 0 N–H and O–H groups in total. The highest BCUT2D eigenvalue weighted by Crippen LogP contribution is 2.34. The van der Waals surface area contributed by atoms with Crippen LogP contribution in [0.15, 0.2) is 82.7 Å². The number of hydrogen-bond acceptors (Lipinski definition) is 4. The number of aryl methyl sites for hydroxylation is 1. The lowest BCUT2D eigenvalue weighted by atomic mass is 10.00. The van der Waals surface area contributed by atoms with Crippen molar-refractivity contribution in [2.24, 2.45) is 0 Å². The molecule has 0 amide bonds. The lowest BCUT2D eigenvalue weighted by Gasteiger charge is -2.31. The molecule has 1 atom stereocenters. The van der Waals surface area contributed by atoms with Crippen molar-refractivity contribution in [3.05, 3.63) is 88.9 Å². The molecule has 2 aromatic rings. The van der Waals surface area contributed by atoms with Gasteiger partial charge in [-0.3, -0.25) is 0 Å². The molecule has 0 aliphatic rings. The van der Waals surface area contributed by atoms with Gasteiger partial charge in [0.15, 0.2) is 0 Å². The molecular formula is C21H22BrNO4S. The topological polar surface area (TPSA) is 63.7 Å². The number of esters is 1. The Kier molecular flexibility index (Phi) is 7.35. The van der Waals surface area contributed by atoms with Crippen molar-refractivity contribution in [3.8, 4) is 0 Å². The third-order valence-electron chi connectivity index (χ3n) is 4.19. The van der Waals surface area contributed by atoms with Gasteiger partial charge in [-0.25, -0.2) is 13.2 Å². The molecule has 2 aromatic carbocycles. The van der Waals surface area contributed by atoms with E-state index in [4.69, 9.17) is 4.74 Å². The monoisotopic (exact) mass is 463 g/mol. The van der Waals surface area contributed by atoms with Gasteiger partial charge in [-0.05, 0) is 36.8 Å². The number of methoxy groups -OCH3 is 1. The molecule has 0 aliphatic carbocycles. The Morgan fingerprint density at radius 1 is 1.18 bits per heavy atom. The number of halogens is 1. The fraction of sp³-hybridized carbons (Fsp3) is 0.190. The fourth-order valence-corrected chi connectivity index (χ4v) is 4.59. The molecule has 0 fully saturated rings. The highest BCUT2D eigenvalue weighted by atomic mass is 79.9. The van der Waals surface area contributed by atoms with E-state index in [9.17, 15) is 13.2 Å². The molecular weight excluding hydrogens is 442 g/mol. The molecule has 0 bridgehead atoms. The average Bonchev–Trinajstić information content (AvgIpc) is 2.68. The van der Waals surface area contributed by atoms with E-state index in [1.54, 1.807) is 48.5 Å². The van der Waals surface area contributed by atoms with E-state index >= 15 is 0 Å². The van der Waals surface area contributed by atoms with Crippen LogP contribution in [0.4, 0.5) is 0 Å². The van der Waals surface area contributed by atoms with Crippen LogP contribution in [0.25, 0.3) is 0 Å². The first-order valence-corrected chi connectivity index (χ1v) is 10.7. The van der Waals surface area contributed by atoms with Crippen LogP contribution < -0.4 is 0 Å². The molecule has 0 aliphatic heterocycles. The van der Waals surface area contributed by atoms with Crippen LogP contribution in [0.3, 0.4) is 0 Å². The molecule has 5 nitrogen and oxygen atoms in total. The van der Waals surface area contributed by atoms with Crippen LogP contribution in [0.1, 0.15) is 17.2 Å². The molecule has 0 unspecified atom stereocenters. The molecule has 28 heavy (non-hydrogen) atoms. The number of carbonyl (C=O) groups excluding carboxylic acids is 1. The second-order valence-corrected chi connectivity index (χ2v) is 8.95. The van der Waals surface area contributed by atoms with Gasteiger partial charge >= 0.3 is 5.97 Å². The first-order chi connectivity index (χ1) is 13.2. The Morgan fingerprint density at radius 2 is 1.75 bits per heavy atom. The Balaban J connectivity index is 2.65. The first-order valence-electron chi connectivity index (χ1n) is 8.44. The van der Waals surface area contributed by atoms with Crippen LogP contribution in [-0.2, 0) is 19.6 Å². The summed E-state index contributed by atoms with van der Waals surface area (Å²) in [6, 6.07) is 12.6. The van der Waals surface area contributed by atoms with E-state index in [0.29, 0.717) is 5.56 Å². The normalized spacial score (nSPS) is 12.4. The molecule has 0 radical (unpaired) electrons. The summed E-state index contributed by atoms with van der Waals surface area (Å²) >= 11 is 3.36. The summed E-state index contributed by atoms with van der Waals surface area (Å²) in [5.74, 6) is -0.680. The number of ether oxygens (including phenoxy) is 1. The number of rotatable bonds is 8. The molecule has 7 heteroatoms. The lowest BCUT2D eigenvalue weighted by molar-refractivity contribution is -0.136.